The van der Waals surface area contributed by atoms with Crippen LogP contribution >= 0.6 is 31.9 Å². The number of carbonyl (C=O) groups excluding carboxylic acids is 2. The smallest absolute Gasteiger partial charge is 0.410 e. The second-order valence-corrected chi connectivity index (χ2v) is 16.2. The highest BCUT2D eigenvalue weighted by Gasteiger charge is 2.26. The summed E-state index contributed by atoms with van der Waals surface area (Å²) in [6, 6.07) is 25.7. The molecule has 0 unspecified atom stereocenters. The first-order valence-corrected chi connectivity index (χ1v) is 21.5. The summed E-state index contributed by atoms with van der Waals surface area (Å²) in [6.45, 7) is 11.6. The number of aromatic nitrogens is 4. The lowest BCUT2D eigenvalue weighted by Gasteiger charge is -2.36. The Bertz CT molecular complexity index is 1970. The molecule has 2 aliphatic rings. The molecule has 2 aliphatic heterocycles. The van der Waals surface area contributed by atoms with Gasteiger partial charge in [-0.1, -0.05) is 88.2 Å². The fourth-order valence-electron chi connectivity index (χ4n) is 7.03. The summed E-state index contributed by atoms with van der Waals surface area (Å²) in [5, 5.41) is 3.34. The Kier molecular flexibility index (Phi) is 17.5. The molecule has 1 amide bonds. The molecule has 3 aromatic carbocycles. The van der Waals surface area contributed by atoms with Crippen molar-refractivity contribution in [1.82, 2.24) is 39.1 Å². The van der Waals surface area contributed by atoms with Gasteiger partial charge in [0, 0.05) is 64.7 Å². The van der Waals surface area contributed by atoms with Crippen LogP contribution in [0.3, 0.4) is 0 Å². The van der Waals surface area contributed by atoms with Crippen molar-refractivity contribution in [3.05, 3.63) is 113 Å². The first kappa shape index (κ1) is 44.0. The van der Waals surface area contributed by atoms with E-state index in [0.717, 1.165) is 64.3 Å². The van der Waals surface area contributed by atoms with Crippen molar-refractivity contribution in [2.75, 3.05) is 53.4 Å². The summed E-state index contributed by atoms with van der Waals surface area (Å²) < 4.78 is 10.1. The van der Waals surface area contributed by atoms with E-state index in [1.54, 1.807) is 29.2 Å². The Labute approximate surface area is 354 Å². The predicted molar refractivity (Wildman–Crippen MR) is 236 cm³/mol. The maximum absolute atomic E-state index is 12.8. The Morgan fingerprint density at radius 3 is 1.75 bits per heavy atom. The molecule has 1 N–H and O–H groups in total. The minimum absolute atomic E-state index is 0.0114. The Balaban J connectivity index is 0.000000175. The number of benzene rings is 3. The number of imidazole rings is 2. The molecule has 5 aromatic rings. The van der Waals surface area contributed by atoms with Gasteiger partial charge in [0.2, 0.25) is 0 Å². The van der Waals surface area contributed by atoms with Crippen LogP contribution in [0.2, 0.25) is 0 Å². The zero-order valence-electron chi connectivity index (χ0n) is 33.6. The zero-order chi connectivity index (χ0) is 40.6. The first-order valence-electron chi connectivity index (χ1n) is 19.9. The molecular weight excluding hydrogens is 848 g/mol. The van der Waals surface area contributed by atoms with E-state index in [4.69, 9.17) is 4.74 Å². The predicted octanol–water partition coefficient (Wildman–Crippen LogP) is 9.53. The molecule has 304 valence electrons. The van der Waals surface area contributed by atoms with E-state index in [1.165, 1.54) is 56.2 Å². The average Bonchev–Trinajstić information content (AvgIpc) is 3.94. The third-order valence-electron chi connectivity index (χ3n) is 10.3. The maximum Gasteiger partial charge on any atom is 0.424 e. The fraction of sp³-hybridized carbons (Fsp3) is 0.409. The van der Waals surface area contributed by atoms with Gasteiger partial charge in [0.25, 0.3) is 0 Å². The van der Waals surface area contributed by atoms with Crippen molar-refractivity contribution in [2.45, 2.75) is 64.5 Å². The van der Waals surface area contributed by atoms with Crippen LogP contribution in [0.1, 0.15) is 52.4 Å². The summed E-state index contributed by atoms with van der Waals surface area (Å²) in [5.74, 6) is 0.500. The minimum Gasteiger partial charge on any atom is -0.410 e. The van der Waals surface area contributed by atoms with Crippen LogP contribution in [-0.4, -0.2) is 111 Å². The number of nitrogens with one attached hydrogen (secondary N) is 1. The monoisotopic (exact) mass is 902 g/mol. The number of likely N-dealkylation sites (tertiary alicyclic amines) is 2. The van der Waals surface area contributed by atoms with Crippen molar-refractivity contribution in [1.29, 1.82) is 0 Å². The van der Waals surface area contributed by atoms with Crippen LogP contribution in [0.5, 0.6) is 5.75 Å². The third-order valence-corrected chi connectivity index (χ3v) is 11.3. The maximum atomic E-state index is 12.8. The fourth-order valence-corrected chi connectivity index (χ4v) is 7.83. The van der Waals surface area contributed by atoms with Crippen LogP contribution < -0.4 is 10.1 Å². The van der Waals surface area contributed by atoms with E-state index in [-0.39, 0.29) is 6.03 Å². The van der Waals surface area contributed by atoms with Crippen molar-refractivity contribution in [2.24, 2.45) is 0 Å². The molecule has 0 aliphatic carbocycles. The normalized spacial score (nSPS) is 15.2. The number of ether oxygens (including phenoxy) is 1. The molecule has 4 heterocycles. The van der Waals surface area contributed by atoms with Gasteiger partial charge in [0.1, 0.15) is 18.4 Å². The van der Waals surface area contributed by atoms with Gasteiger partial charge in [-0.15, -0.1) is 0 Å². The number of rotatable bonds is 9. The molecule has 2 aromatic heterocycles. The van der Waals surface area contributed by atoms with Crippen LogP contribution in [0.4, 0.5) is 9.59 Å². The highest BCUT2D eigenvalue weighted by molar-refractivity contribution is 9.10. The van der Waals surface area contributed by atoms with E-state index in [0.29, 0.717) is 17.5 Å². The lowest BCUT2D eigenvalue weighted by atomic mass is 10.0. The van der Waals surface area contributed by atoms with E-state index in [2.05, 4.69) is 77.8 Å². The number of para-hydroxylation sites is 1. The van der Waals surface area contributed by atoms with Gasteiger partial charge >= 0.3 is 12.1 Å². The number of halogens is 2. The number of amides is 1. The van der Waals surface area contributed by atoms with E-state index >= 15 is 0 Å². The van der Waals surface area contributed by atoms with Gasteiger partial charge < -0.3 is 24.8 Å². The number of hydrogen-bond acceptors (Lipinski definition) is 8. The molecule has 0 saturated carbocycles. The zero-order valence-corrected chi connectivity index (χ0v) is 36.7. The number of piperidine rings is 2. The molecule has 11 nitrogen and oxygen atoms in total. The largest absolute Gasteiger partial charge is 0.424 e. The van der Waals surface area contributed by atoms with E-state index < -0.39 is 6.09 Å². The third kappa shape index (κ3) is 13.5. The summed E-state index contributed by atoms with van der Waals surface area (Å²) in [4.78, 5) is 40.4. The summed E-state index contributed by atoms with van der Waals surface area (Å²) in [6.07, 6.45) is 13.2. The van der Waals surface area contributed by atoms with Gasteiger partial charge in [-0.25, -0.2) is 24.1 Å². The van der Waals surface area contributed by atoms with Crippen molar-refractivity contribution in [3.8, 4) is 28.3 Å². The van der Waals surface area contributed by atoms with Gasteiger partial charge in [0.15, 0.2) is 0 Å². The van der Waals surface area contributed by atoms with Crippen LogP contribution in [-0.2, 0) is 0 Å². The lowest BCUT2D eigenvalue weighted by molar-refractivity contribution is 0.135. The first-order chi connectivity index (χ1) is 27.7. The average molecular weight is 905 g/mol. The molecule has 0 atom stereocenters. The number of nitrogens with zero attached hydrogens (tertiary/aromatic N) is 7. The highest BCUT2D eigenvalue weighted by atomic mass is 79.9. The van der Waals surface area contributed by atoms with Crippen LogP contribution in [0, 0.1) is 0 Å². The Morgan fingerprint density at radius 2 is 1.25 bits per heavy atom. The second kappa shape index (κ2) is 22.7. The van der Waals surface area contributed by atoms with Crippen molar-refractivity contribution < 1.29 is 14.3 Å². The van der Waals surface area contributed by atoms with Gasteiger partial charge in [-0.05, 0) is 108 Å². The number of hydrogen-bond donors (Lipinski definition) is 1. The summed E-state index contributed by atoms with van der Waals surface area (Å²) in [7, 11) is 3.97. The van der Waals surface area contributed by atoms with Crippen molar-refractivity contribution >= 4 is 44.0 Å². The molecule has 0 spiro atoms. The van der Waals surface area contributed by atoms with Gasteiger partial charge in [-0.2, -0.15) is 0 Å². The van der Waals surface area contributed by atoms with Crippen LogP contribution in [0.15, 0.2) is 113 Å². The molecule has 0 bridgehead atoms. The summed E-state index contributed by atoms with van der Waals surface area (Å²) in [5.41, 5.74) is 3.44. The topological polar surface area (TPSA) is 101 Å². The molecule has 13 heteroatoms. The molecule has 57 heavy (non-hydrogen) atoms. The van der Waals surface area contributed by atoms with Crippen LogP contribution in [0.25, 0.3) is 22.5 Å². The van der Waals surface area contributed by atoms with Gasteiger partial charge in [0.05, 0.1) is 11.4 Å². The number of carbonyl (C=O) groups is 2. The highest BCUT2D eigenvalue weighted by Crippen LogP contribution is 2.24. The van der Waals surface area contributed by atoms with Crippen molar-refractivity contribution in [3.63, 3.8) is 0 Å². The Hall–Kier alpha value is -4.14. The molecule has 7 rings (SSSR count). The molecule has 0 radical (unpaired) electrons. The molecule has 2 fully saturated rings. The molecule has 2 saturated heterocycles. The second-order valence-electron chi connectivity index (χ2n) is 14.4. The standard InChI is InChI=1S/C19H25BrN4O.C16H11BrN2O2.C9H20N2/c1-3-9-23-10-7-17(8-11-23)22(2)19(25)24-13-18(21-14-24)15-5-4-6-16(20)12-15;17-13-6-4-5-12(9-13)15-10-19(11-18-15)16(20)21-14-7-2-1-3-8-14;1-3-6-11-7-4-9(10-2)5-8-11/h4-6,12-14,17H,3,7-11H2,1-2H3;1-11H;9-10H,3-8H2,1-2H3. The molecular formula is C44H56Br2N8O3. The SMILES string of the molecule is CCCN1CCC(N(C)C(=O)n2cnc(-c3cccc(Br)c3)c2)CC1.CCCN1CCC(NC)CC1.O=C(Oc1ccccc1)n1cnc(-c2cccc(Br)c2)c1. The minimum atomic E-state index is -0.491. The lowest BCUT2D eigenvalue weighted by Crippen LogP contribution is -2.46. The summed E-state index contributed by atoms with van der Waals surface area (Å²) >= 11 is 6.89. The quantitative estimate of drug-likeness (QED) is 0.156. The van der Waals surface area contributed by atoms with E-state index in [9.17, 15) is 9.59 Å². The Morgan fingerprint density at radius 1 is 0.737 bits per heavy atom. The van der Waals surface area contributed by atoms with E-state index in [1.807, 2.05) is 84.9 Å². The van der Waals surface area contributed by atoms with Gasteiger partial charge in [-0.3, -0.25) is 4.57 Å².